The second-order valence-electron chi connectivity index (χ2n) is 10.4. The second-order valence-corrected chi connectivity index (χ2v) is 10.4. The van der Waals surface area contributed by atoms with Crippen molar-refractivity contribution < 1.29 is 4.79 Å². The Hall–Kier alpha value is -1.77. The van der Waals surface area contributed by atoms with Gasteiger partial charge in [0.25, 0.3) is 0 Å². The average Bonchev–Trinajstić information content (AvgIpc) is 3.08. The molecule has 30 heavy (non-hydrogen) atoms. The number of nitrogens with zero attached hydrogens (tertiary/aromatic N) is 1. The second kappa shape index (κ2) is 10.5. The summed E-state index contributed by atoms with van der Waals surface area (Å²) in [5.41, 5.74) is 9.08. The molecule has 3 nitrogen and oxygen atoms in total. The van der Waals surface area contributed by atoms with Crippen molar-refractivity contribution in [1.29, 1.82) is 0 Å². The van der Waals surface area contributed by atoms with E-state index >= 15 is 0 Å². The number of primary amides is 1. The van der Waals surface area contributed by atoms with E-state index in [9.17, 15) is 4.79 Å². The first-order valence-electron chi connectivity index (χ1n) is 11.9. The molecule has 0 saturated heterocycles. The summed E-state index contributed by atoms with van der Waals surface area (Å²) in [6, 6.07) is 9.82. The molecule has 3 heteroatoms. The Labute approximate surface area is 185 Å². The van der Waals surface area contributed by atoms with Gasteiger partial charge >= 0.3 is 6.03 Å². The molecule has 0 spiro atoms. The number of hydrogen-bond acceptors (Lipinski definition) is 1. The Morgan fingerprint density at radius 3 is 2.17 bits per heavy atom. The Bertz CT molecular complexity index is 683. The summed E-state index contributed by atoms with van der Waals surface area (Å²) < 4.78 is 0. The number of urea groups is 1. The molecule has 2 aliphatic carbocycles. The van der Waals surface area contributed by atoms with Crippen molar-refractivity contribution in [3.8, 4) is 0 Å². The highest BCUT2D eigenvalue weighted by molar-refractivity contribution is 5.71. The standard InChI is InChI=1S/C17H26N2O.C10H18/c1-4-5-7-10-14(2)16(13-19(3)17(18)20)15-11-8-6-9-12-15;1-9(2)8-4-6-10(9,3)7-5-8/h6,8-9,11-12,16H,2,4-5,7,10,13H2,1,3H3,(H2,18,20);8H,4-7H2,1-3H3. The highest BCUT2D eigenvalue weighted by atomic mass is 16.2. The molecule has 0 aromatic heterocycles. The first kappa shape index (κ1) is 24.5. The first-order chi connectivity index (χ1) is 14.1. The van der Waals surface area contributed by atoms with Crippen molar-refractivity contribution in [2.75, 3.05) is 13.6 Å². The zero-order valence-corrected chi connectivity index (χ0v) is 20.0. The molecule has 0 radical (unpaired) electrons. The van der Waals surface area contributed by atoms with Crippen LogP contribution in [0.5, 0.6) is 0 Å². The number of nitrogens with two attached hydrogens (primary N) is 1. The van der Waals surface area contributed by atoms with Crippen LogP contribution in [0.2, 0.25) is 0 Å². The summed E-state index contributed by atoms with van der Waals surface area (Å²) >= 11 is 0. The summed E-state index contributed by atoms with van der Waals surface area (Å²) in [6.07, 6.45) is 10.6. The number of rotatable bonds is 8. The molecule has 1 aromatic carbocycles. The predicted molar refractivity (Wildman–Crippen MR) is 129 cm³/mol. The highest BCUT2D eigenvalue weighted by Gasteiger charge is 2.55. The minimum Gasteiger partial charge on any atom is -0.351 e. The summed E-state index contributed by atoms with van der Waals surface area (Å²) in [5, 5.41) is 0. The van der Waals surface area contributed by atoms with Crippen LogP contribution in [0.25, 0.3) is 0 Å². The minimum atomic E-state index is -0.396. The van der Waals surface area contributed by atoms with Crippen LogP contribution >= 0.6 is 0 Å². The van der Waals surface area contributed by atoms with Crippen LogP contribution in [-0.4, -0.2) is 24.5 Å². The molecule has 2 amide bonds. The van der Waals surface area contributed by atoms with E-state index in [1.165, 1.54) is 49.7 Å². The van der Waals surface area contributed by atoms with Gasteiger partial charge in [-0.25, -0.2) is 4.79 Å². The fourth-order valence-electron chi connectivity index (χ4n) is 5.41. The molecule has 0 aliphatic heterocycles. The van der Waals surface area contributed by atoms with Gasteiger partial charge in [-0.3, -0.25) is 0 Å². The average molecular weight is 413 g/mol. The topological polar surface area (TPSA) is 46.3 Å². The maximum atomic E-state index is 11.3. The Balaban J connectivity index is 0.000000263. The largest absolute Gasteiger partial charge is 0.351 e. The number of hydrogen-bond donors (Lipinski definition) is 1. The van der Waals surface area contributed by atoms with Gasteiger partial charge in [0.1, 0.15) is 0 Å². The van der Waals surface area contributed by atoms with Crippen molar-refractivity contribution in [1.82, 2.24) is 4.90 Å². The first-order valence-corrected chi connectivity index (χ1v) is 11.9. The SMILES string of the molecule is C=C(CCCCC)C(CN(C)C(N)=O)c1ccccc1.CC12CCC(CC1)C2(C)C. The van der Waals surface area contributed by atoms with Crippen LogP contribution in [0.4, 0.5) is 4.79 Å². The summed E-state index contributed by atoms with van der Waals surface area (Å²) in [4.78, 5) is 12.8. The number of unbranched alkanes of at least 4 members (excludes halogenated alkanes) is 2. The highest BCUT2D eigenvalue weighted by Crippen LogP contribution is 2.65. The van der Waals surface area contributed by atoms with Crippen LogP contribution in [0, 0.1) is 16.7 Å². The van der Waals surface area contributed by atoms with E-state index in [-0.39, 0.29) is 5.92 Å². The van der Waals surface area contributed by atoms with Crippen LogP contribution in [0.15, 0.2) is 42.5 Å². The van der Waals surface area contributed by atoms with Crippen LogP contribution in [-0.2, 0) is 0 Å². The number of benzene rings is 1. The Morgan fingerprint density at radius 1 is 1.17 bits per heavy atom. The lowest BCUT2D eigenvalue weighted by Gasteiger charge is -2.34. The van der Waals surface area contributed by atoms with E-state index in [0.717, 1.165) is 18.8 Å². The third-order valence-electron chi connectivity index (χ3n) is 8.29. The van der Waals surface area contributed by atoms with Gasteiger partial charge in [-0.1, -0.05) is 83.0 Å². The van der Waals surface area contributed by atoms with Crippen LogP contribution in [0.1, 0.15) is 90.5 Å². The van der Waals surface area contributed by atoms with Gasteiger partial charge in [-0.2, -0.15) is 0 Å². The van der Waals surface area contributed by atoms with E-state index < -0.39 is 6.03 Å². The molecule has 1 unspecified atom stereocenters. The van der Waals surface area contributed by atoms with E-state index in [1.54, 1.807) is 11.9 Å². The van der Waals surface area contributed by atoms with E-state index in [0.29, 0.717) is 17.4 Å². The molecule has 2 fully saturated rings. The smallest absolute Gasteiger partial charge is 0.314 e. The lowest BCUT2D eigenvalue weighted by atomic mass is 9.71. The van der Waals surface area contributed by atoms with Gasteiger partial charge in [-0.15, -0.1) is 0 Å². The van der Waals surface area contributed by atoms with Gasteiger partial charge in [0.05, 0.1) is 0 Å². The molecule has 2 aliphatic rings. The van der Waals surface area contributed by atoms with Gasteiger partial charge in [0.2, 0.25) is 0 Å². The van der Waals surface area contributed by atoms with Crippen molar-refractivity contribution in [3.05, 3.63) is 48.0 Å². The normalized spacial score (nSPS) is 24.6. The number of carbonyl (C=O) groups excluding carboxylic acids is 1. The molecule has 168 valence electrons. The van der Waals surface area contributed by atoms with Crippen molar-refractivity contribution in [2.45, 2.75) is 85.0 Å². The van der Waals surface area contributed by atoms with Crippen LogP contribution < -0.4 is 5.73 Å². The van der Waals surface area contributed by atoms with Gasteiger partial charge in [0, 0.05) is 19.5 Å². The van der Waals surface area contributed by atoms with E-state index in [2.05, 4.69) is 46.4 Å². The molecular formula is C27H44N2O. The fraction of sp³-hybridized carbons (Fsp3) is 0.667. The molecular weight excluding hydrogens is 368 g/mol. The Morgan fingerprint density at radius 2 is 1.77 bits per heavy atom. The molecule has 2 bridgehead atoms. The summed E-state index contributed by atoms with van der Waals surface area (Å²) in [5.74, 6) is 1.21. The number of fused-ring (bicyclic) bond motifs is 2. The Kier molecular flexibility index (Phi) is 8.58. The molecule has 3 rings (SSSR count). The summed E-state index contributed by atoms with van der Waals surface area (Å²) in [6.45, 7) is 14.4. The molecule has 0 heterocycles. The van der Waals surface area contributed by atoms with Gasteiger partial charge in [-0.05, 0) is 60.8 Å². The molecule has 2 N–H and O–H groups in total. The monoisotopic (exact) mass is 412 g/mol. The van der Waals surface area contributed by atoms with Gasteiger partial charge < -0.3 is 10.6 Å². The van der Waals surface area contributed by atoms with E-state index in [1.807, 2.05) is 18.2 Å². The van der Waals surface area contributed by atoms with E-state index in [4.69, 9.17) is 5.73 Å². The van der Waals surface area contributed by atoms with Crippen molar-refractivity contribution in [2.24, 2.45) is 22.5 Å². The zero-order chi connectivity index (χ0) is 22.4. The van der Waals surface area contributed by atoms with Crippen molar-refractivity contribution >= 4 is 6.03 Å². The summed E-state index contributed by atoms with van der Waals surface area (Å²) in [7, 11) is 1.73. The maximum Gasteiger partial charge on any atom is 0.314 e. The molecule has 1 aromatic rings. The fourth-order valence-corrected chi connectivity index (χ4v) is 5.41. The van der Waals surface area contributed by atoms with Gasteiger partial charge in [0.15, 0.2) is 0 Å². The third-order valence-corrected chi connectivity index (χ3v) is 8.29. The quantitative estimate of drug-likeness (QED) is 0.358. The number of likely N-dealkylation sites (N-methyl/N-ethyl adjacent to an activating group) is 1. The lowest BCUT2D eigenvalue weighted by molar-refractivity contribution is 0.152. The zero-order valence-electron chi connectivity index (χ0n) is 20.0. The molecule has 1 atom stereocenters. The number of amides is 2. The number of carbonyl (C=O) groups is 1. The molecule has 2 saturated carbocycles. The lowest BCUT2D eigenvalue weighted by Crippen LogP contribution is -2.35. The van der Waals surface area contributed by atoms with Crippen LogP contribution in [0.3, 0.4) is 0 Å². The predicted octanol–water partition coefficient (Wildman–Crippen LogP) is 7.14. The third kappa shape index (κ3) is 5.68. The van der Waals surface area contributed by atoms with Crippen molar-refractivity contribution in [3.63, 3.8) is 0 Å². The minimum absolute atomic E-state index is 0.158. The maximum absolute atomic E-state index is 11.3.